The molecule has 0 radical (unpaired) electrons. The Morgan fingerprint density at radius 1 is 1.16 bits per heavy atom. The fourth-order valence-corrected chi connectivity index (χ4v) is 3.38. The van der Waals surface area contributed by atoms with Crippen LogP contribution in [0.2, 0.25) is 0 Å². The van der Waals surface area contributed by atoms with E-state index in [0.29, 0.717) is 23.1 Å². The van der Waals surface area contributed by atoms with E-state index in [1.165, 1.54) is 13.0 Å². The Bertz CT molecular complexity index is 1040. The van der Waals surface area contributed by atoms with E-state index in [2.05, 4.69) is 4.98 Å². The molecule has 0 spiro atoms. The second-order valence-corrected chi connectivity index (χ2v) is 6.14. The summed E-state index contributed by atoms with van der Waals surface area (Å²) in [7, 11) is 0. The smallest absolute Gasteiger partial charge is 0.198 e. The predicted molar refractivity (Wildman–Crippen MR) is 97.5 cm³/mol. The lowest BCUT2D eigenvalue weighted by Gasteiger charge is -2.10. The van der Waals surface area contributed by atoms with Gasteiger partial charge in [-0.25, -0.2) is 0 Å². The number of Topliss-reactive ketones (excluding diaryl/α,β-unsaturated/α-hetero) is 2. The summed E-state index contributed by atoms with van der Waals surface area (Å²) in [5.41, 5.74) is 3.22. The van der Waals surface area contributed by atoms with Crippen molar-refractivity contribution in [3.05, 3.63) is 69.3 Å². The number of rotatable bonds is 5. The van der Waals surface area contributed by atoms with Gasteiger partial charge < -0.3 is 9.55 Å². The molecule has 0 unspecified atom stereocenters. The zero-order chi connectivity index (χ0) is 18.1. The maximum atomic E-state index is 12.9. The van der Waals surface area contributed by atoms with Crippen LogP contribution >= 0.6 is 0 Å². The van der Waals surface area contributed by atoms with Gasteiger partial charge in [-0.05, 0) is 38.0 Å². The molecule has 0 bridgehead atoms. The quantitative estimate of drug-likeness (QED) is 0.727. The average molecular weight is 336 g/mol. The fourth-order valence-electron chi connectivity index (χ4n) is 3.38. The molecular weight excluding hydrogens is 316 g/mol. The van der Waals surface area contributed by atoms with Crippen LogP contribution in [0.25, 0.3) is 10.9 Å². The molecule has 2 heterocycles. The Labute approximate surface area is 145 Å². The van der Waals surface area contributed by atoms with E-state index in [9.17, 15) is 14.4 Å². The minimum absolute atomic E-state index is 0.0431. The first kappa shape index (κ1) is 16.9. The summed E-state index contributed by atoms with van der Waals surface area (Å²) in [5.74, 6) is -0.153. The van der Waals surface area contributed by atoms with Gasteiger partial charge in [0, 0.05) is 28.9 Å². The number of nitrogens with one attached hydrogen (secondary N) is 1. The molecule has 2 aromatic heterocycles. The number of nitrogens with zero attached hydrogens (tertiary/aromatic N) is 1. The van der Waals surface area contributed by atoms with E-state index in [4.69, 9.17) is 0 Å². The summed E-state index contributed by atoms with van der Waals surface area (Å²) in [6.45, 7) is 5.35. The number of fused-ring (bicyclic) bond motifs is 1. The third-order valence-corrected chi connectivity index (χ3v) is 4.47. The maximum absolute atomic E-state index is 12.9. The van der Waals surface area contributed by atoms with Gasteiger partial charge in [-0.1, -0.05) is 19.1 Å². The Kier molecular flexibility index (Phi) is 4.40. The molecule has 128 valence electrons. The number of aromatic nitrogens is 2. The number of carbonyl (C=O) groups is 2. The molecule has 0 aliphatic rings. The largest absolute Gasteiger partial charge is 0.355 e. The Balaban J connectivity index is 2.05. The molecule has 25 heavy (non-hydrogen) atoms. The molecule has 0 aliphatic heterocycles. The third-order valence-electron chi connectivity index (χ3n) is 4.47. The monoisotopic (exact) mass is 336 g/mol. The zero-order valence-electron chi connectivity index (χ0n) is 14.6. The highest BCUT2D eigenvalue weighted by Crippen LogP contribution is 2.21. The van der Waals surface area contributed by atoms with Gasteiger partial charge in [0.15, 0.2) is 17.0 Å². The van der Waals surface area contributed by atoms with Crippen molar-refractivity contribution < 1.29 is 9.59 Å². The van der Waals surface area contributed by atoms with Crippen LogP contribution in [0.5, 0.6) is 0 Å². The summed E-state index contributed by atoms with van der Waals surface area (Å²) in [6.07, 6.45) is 2.24. The highest BCUT2D eigenvalue weighted by atomic mass is 16.1. The number of hydrogen-bond donors (Lipinski definition) is 1. The standard InChI is InChI=1S/C20H20N2O3/c1-4-14-19(13(3)23)12(2)21-20(14)18(25)11-22-10-9-17(24)15-7-5-6-8-16(15)22/h5-10,21H,4,11H2,1-3H3. The SMILES string of the molecule is CCc1c(C(=O)Cn2ccc(=O)c3ccccc32)[nH]c(C)c1C(C)=O. The van der Waals surface area contributed by atoms with Crippen LogP contribution in [0.3, 0.4) is 0 Å². The highest BCUT2D eigenvalue weighted by Gasteiger charge is 2.21. The lowest BCUT2D eigenvalue weighted by molar-refractivity contribution is 0.0968. The van der Waals surface area contributed by atoms with Gasteiger partial charge >= 0.3 is 0 Å². The van der Waals surface area contributed by atoms with Crippen LogP contribution in [0.1, 0.15) is 46.0 Å². The molecule has 0 saturated carbocycles. The lowest BCUT2D eigenvalue weighted by atomic mass is 10.0. The van der Waals surface area contributed by atoms with Gasteiger partial charge in [0.25, 0.3) is 0 Å². The minimum Gasteiger partial charge on any atom is -0.355 e. The summed E-state index contributed by atoms with van der Waals surface area (Å²) in [5, 5.41) is 0.584. The Hall–Kier alpha value is -2.95. The van der Waals surface area contributed by atoms with Gasteiger partial charge in [-0.15, -0.1) is 0 Å². The maximum Gasteiger partial charge on any atom is 0.198 e. The number of H-pyrrole nitrogens is 1. The molecule has 0 saturated heterocycles. The lowest BCUT2D eigenvalue weighted by Crippen LogP contribution is -2.16. The fraction of sp³-hybridized carbons (Fsp3) is 0.250. The van der Waals surface area contributed by atoms with Crippen LogP contribution < -0.4 is 5.43 Å². The zero-order valence-corrected chi connectivity index (χ0v) is 14.6. The second-order valence-electron chi connectivity index (χ2n) is 6.14. The molecular formula is C20H20N2O3. The molecule has 1 aromatic carbocycles. The minimum atomic E-state index is -0.110. The molecule has 3 rings (SSSR count). The summed E-state index contributed by atoms with van der Waals surface area (Å²) >= 11 is 0. The van der Waals surface area contributed by atoms with Gasteiger partial charge in [0.1, 0.15) is 0 Å². The number of ketones is 2. The summed E-state index contributed by atoms with van der Waals surface area (Å²) in [6, 6.07) is 8.69. The normalized spacial score (nSPS) is 11.0. The van der Waals surface area contributed by atoms with Gasteiger partial charge in [0.2, 0.25) is 0 Å². The summed E-state index contributed by atoms with van der Waals surface area (Å²) < 4.78 is 1.77. The van der Waals surface area contributed by atoms with Crippen molar-refractivity contribution in [3.8, 4) is 0 Å². The van der Waals surface area contributed by atoms with E-state index in [1.54, 1.807) is 29.8 Å². The van der Waals surface area contributed by atoms with E-state index in [0.717, 1.165) is 16.8 Å². The number of hydrogen-bond acceptors (Lipinski definition) is 3. The first-order valence-electron chi connectivity index (χ1n) is 8.27. The number of aryl methyl sites for hydroxylation is 1. The van der Waals surface area contributed by atoms with Gasteiger partial charge in [-0.2, -0.15) is 0 Å². The number of benzene rings is 1. The molecule has 5 nitrogen and oxygen atoms in total. The van der Waals surface area contributed by atoms with E-state index >= 15 is 0 Å². The molecule has 0 atom stereocenters. The van der Waals surface area contributed by atoms with Crippen LogP contribution in [0.15, 0.2) is 41.3 Å². The van der Waals surface area contributed by atoms with Crippen molar-refractivity contribution in [3.63, 3.8) is 0 Å². The predicted octanol–water partition coefficient (Wildman–Crippen LogP) is 3.29. The van der Waals surface area contributed by atoms with Crippen LogP contribution in [-0.2, 0) is 13.0 Å². The highest BCUT2D eigenvalue weighted by molar-refractivity contribution is 6.03. The van der Waals surface area contributed by atoms with Crippen LogP contribution in [0.4, 0.5) is 0 Å². The first-order chi connectivity index (χ1) is 11.9. The van der Waals surface area contributed by atoms with Crippen molar-refractivity contribution in [1.82, 2.24) is 9.55 Å². The average Bonchev–Trinajstić information content (AvgIpc) is 2.94. The second kappa shape index (κ2) is 6.51. The van der Waals surface area contributed by atoms with Crippen molar-refractivity contribution >= 4 is 22.5 Å². The topological polar surface area (TPSA) is 71.9 Å². The van der Waals surface area contributed by atoms with Crippen LogP contribution in [-0.4, -0.2) is 21.1 Å². The van der Waals surface area contributed by atoms with Crippen molar-refractivity contribution in [2.75, 3.05) is 0 Å². The van der Waals surface area contributed by atoms with Crippen LogP contribution in [0, 0.1) is 6.92 Å². The molecule has 1 N–H and O–H groups in total. The molecule has 3 aromatic rings. The number of para-hydroxylation sites is 1. The summed E-state index contributed by atoms with van der Waals surface area (Å²) in [4.78, 5) is 39.8. The molecule has 5 heteroatoms. The number of aromatic amines is 1. The molecule has 0 fully saturated rings. The molecule has 0 amide bonds. The van der Waals surface area contributed by atoms with Crippen molar-refractivity contribution in [1.29, 1.82) is 0 Å². The first-order valence-corrected chi connectivity index (χ1v) is 8.27. The third kappa shape index (κ3) is 2.93. The van der Waals surface area contributed by atoms with Gasteiger partial charge in [0.05, 0.1) is 17.8 Å². The van der Waals surface area contributed by atoms with Crippen molar-refractivity contribution in [2.24, 2.45) is 0 Å². The van der Waals surface area contributed by atoms with E-state index in [1.807, 2.05) is 19.1 Å². The van der Waals surface area contributed by atoms with E-state index in [-0.39, 0.29) is 23.5 Å². The van der Waals surface area contributed by atoms with E-state index < -0.39 is 0 Å². The molecule has 0 aliphatic carbocycles. The number of pyridine rings is 1. The van der Waals surface area contributed by atoms with Gasteiger partial charge in [-0.3, -0.25) is 14.4 Å². The Morgan fingerprint density at radius 2 is 1.88 bits per heavy atom. The Morgan fingerprint density at radius 3 is 2.56 bits per heavy atom. The number of carbonyl (C=O) groups excluding carboxylic acids is 2. The van der Waals surface area contributed by atoms with Crippen molar-refractivity contribution in [2.45, 2.75) is 33.7 Å².